The van der Waals surface area contributed by atoms with Crippen LogP contribution in [0.4, 0.5) is 0 Å². The van der Waals surface area contributed by atoms with E-state index in [1.165, 1.54) is 0 Å². The van der Waals surface area contributed by atoms with Crippen LogP contribution in [0, 0.1) is 0 Å². The number of aliphatic hydroxyl groups excluding tert-OH is 1. The number of rotatable bonds is 11. The summed E-state index contributed by atoms with van der Waals surface area (Å²) in [4.78, 5) is 0. The zero-order chi connectivity index (χ0) is 15.1. The highest BCUT2D eigenvalue weighted by atomic mass is 16.3. The lowest BCUT2D eigenvalue weighted by Crippen LogP contribution is -2.30. The smallest absolute Gasteiger partial charge is 0.0691 e. The van der Waals surface area contributed by atoms with Gasteiger partial charge in [-0.25, -0.2) is 0 Å². The maximum atomic E-state index is 9.52. The highest BCUT2D eigenvalue weighted by Gasteiger charge is 2.06. The molecule has 0 amide bonds. The summed E-state index contributed by atoms with van der Waals surface area (Å²) in [6.07, 6.45) is 22.7. The molecule has 0 aliphatic heterocycles. The van der Waals surface area contributed by atoms with Crippen molar-refractivity contribution in [2.24, 2.45) is 5.73 Å². The highest BCUT2D eigenvalue weighted by molar-refractivity contribution is 4.99. The molecule has 0 spiro atoms. The lowest BCUT2D eigenvalue weighted by molar-refractivity contribution is 0.142. The van der Waals surface area contributed by atoms with E-state index >= 15 is 0 Å². The van der Waals surface area contributed by atoms with Crippen LogP contribution in [0.15, 0.2) is 48.6 Å². The Morgan fingerprint density at radius 3 is 1.75 bits per heavy atom. The van der Waals surface area contributed by atoms with Crippen LogP contribution < -0.4 is 5.73 Å². The van der Waals surface area contributed by atoms with Crippen LogP contribution in [0.2, 0.25) is 0 Å². The first-order valence-electron chi connectivity index (χ1n) is 7.72. The van der Waals surface area contributed by atoms with E-state index in [0.717, 1.165) is 38.5 Å². The summed E-state index contributed by atoms with van der Waals surface area (Å²) in [5.74, 6) is 0. The number of hydrogen-bond acceptors (Lipinski definition) is 2. The Hall–Kier alpha value is -1.12. The van der Waals surface area contributed by atoms with Crippen molar-refractivity contribution in [2.45, 2.75) is 64.5 Å². The lowest BCUT2D eigenvalue weighted by Gasteiger charge is -2.12. The van der Waals surface area contributed by atoms with Crippen molar-refractivity contribution < 1.29 is 5.11 Å². The second-order valence-electron chi connectivity index (χ2n) is 5.00. The summed E-state index contributed by atoms with van der Waals surface area (Å²) >= 11 is 0. The normalized spacial score (nSPS) is 16.0. The van der Waals surface area contributed by atoms with Crippen molar-refractivity contribution in [3.8, 4) is 0 Å². The van der Waals surface area contributed by atoms with Gasteiger partial charge in [0, 0.05) is 6.04 Å². The molecule has 0 aliphatic rings. The fourth-order valence-electron chi connectivity index (χ4n) is 1.63. The van der Waals surface area contributed by atoms with E-state index in [9.17, 15) is 5.11 Å². The second kappa shape index (κ2) is 14.3. The first-order chi connectivity index (χ1) is 9.68. The lowest BCUT2D eigenvalue weighted by atomic mass is 10.1. The molecule has 0 aliphatic carbocycles. The Morgan fingerprint density at radius 2 is 1.30 bits per heavy atom. The summed E-state index contributed by atoms with van der Waals surface area (Å²) in [6, 6.07) is -0.137. The molecule has 0 saturated carbocycles. The number of allylic oxidation sites excluding steroid dienone is 8. The van der Waals surface area contributed by atoms with E-state index in [0.29, 0.717) is 0 Å². The van der Waals surface area contributed by atoms with E-state index in [1.54, 1.807) is 0 Å². The average molecular weight is 277 g/mol. The standard InChI is InChI=1S/C18H31NO/c1-3-4-5-6-7-8-9-10-11-12-13-14-15-16-18(20)17(2)19/h4-5,7-8,10-11,13-14,17-18,20H,3,6,9,12,15-16,19H2,1-2H3/b5-4-,8-7-,11-10-,14-13-/t17-,18+/m0/s1. The van der Waals surface area contributed by atoms with Crippen LogP contribution in [-0.4, -0.2) is 17.3 Å². The zero-order valence-electron chi connectivity index (χ0n) is 13.0. The first-order valence-corrected chi connectivity index (χ1v) is 7.72. The molecule has 0 unspecified atom stereocenters. The number of nitrogens with two attached hydrogens (primary N) is 1. The van der Waals surface area contributed by atoms with Crippen molar-refractivity contribution in [3.05, 3.63) is 48.6 Å². The molecule has 0 saturated heterocycles. The molecule has 0 rings (SSSR count). The Morgan fingerprint density at radius 1 is 0.850 bits per heavy atom. The fourth-order valence-corrected chi connectivity index (χ4v) is 1.63. The average Bonchev–Trinajstić information content (AvgIpc) is 2.43. The molecule has 0 aromatic carbocycles. The molecule has 2 atom stereocenters. The van der Waals surface area contributed by atoms with Crippen molar-refractivity contribution in [3.63, 3.8) is 0 Å². The van der Waals surface area contributed by atoms with Gasteiger partial charge in [-0.05, 0) is 45.4 Å². The van der Waals surface area contributed by atoms with E-state index in [4.69, 9.17) is 5.73 Å². The van der Waals surface area contributed by atoms with Gasteiger partial charge in [0.1, 0.15) is 0 Å². The third-order valence-corrected chi connectivity index (χ3v) is 2.95. The molecule has 2 nitrogen and oxygen atoms in total. The maximum absolute atomic E-state index is 9.52. The van der Waals surface area contributed by atoms with Gasteiger partial charge in [-0.2, -0.15) is 0 Å². The SMILES string of the molecule is CC/C=C\C/C=C\C/C=C\C/C=C\CC[C@@H](O)[C@H](C)N. The number of hydrogen-bond donors (Lipinski definition) is 2. The third-order valence-electron chi connectivity index (χ3n) is 2.95. The zero-order valence-corrected chi connectivity index (χ0v) is 13.0. The van der Waals surface area contributed by atoms with Crippen molar-refractivity contribution in [1.82, 2.24) is 0 Å². The van der Waals surface area contributed by atoms with Crippen molar-refractivity contribution in [2.75, 3.05) is 0 Å². The van der Waals surface area contributed by atoms with Crippen molar-refractivity contribution >= 4 is 0 Å². The van der Waals surface area contributed by atoms with Crippen molar-refractivity contribution in [1.29, 1.82) is 0 Å². The first kappa shape index (κ1) is 18.9. The van der Waals surface area contributed by atoms with E-state index in [1.807, 2.05) is 6.92 Å². The van der Waals surface area contributed by atoms with Gasteiger partial charge in [0.2, 0.25) is 0 Å². The fraction of sp³-hybridized carbons (Fsp3) is 0.556. The molecule has 0 radical (unpaired) electrons. The van der Waals surface area contributed by atoms with Crippen LogP contribution >= 0.6 is 0 Å². The predicted molar refractivity (Wildman–Crippen MR) is 89.6 cm³/mol. The molecule has 0 aromatic heterocycles. The molecule has 20 heavy (non-hydrogen) atoms. The highest BCUT2D eigenvalue weighted by Crippen LogP contribution is 2.02. The van der Waals surface area contributed by atoms with Gasteiger partial charge in [0.05, 0.1) is 6.10 Å². The maximum Gasteiger partial charge on any atom is 0.0691 e. The van der Waals surface area contributed by atoms with Crippen LogP contribution in [0.1, 0.15) is 52.4 Å². The van der Waals surface area contributed by atoms with E-state index in [-0.39, 0.29) is 12.1 Å². The minimum atomic E-state index is -0.387. The van der Waals surface area contributed by atoms with Crippen LogP contribution in [-0.2, 0) is 0 Å². The summed E-state index contributed by atoms with van der Waals surface area (Å²) in [5.41, 5.74) is 5.59. The third kappa shape index (κ3) is 13.3. The Labute approximate surface area is 124 Å². The topological polar surface area (TPSA) is 46.2 Å². The van der Waals surface area contributed by atoms with Gasteiger partial charge in [0.15, 0.2) is 0 Å². The summed E-state index contributed by atoms with van der Waals surface area (Å²) in [5, 5.41) is 9.52. The minimum absolute atomic E-state index is 0.137. The Bertz CT molecular complexity index is 313. The second-order valence-corrected chi connectivity index (χ2v) is 5.00. The van der Waals surface area contributed by atoms with Crippen LogP contribution in [0.5, 0.6) is 0 Å². The molecule has 114 valence electrons. The Kier molecular flexibility index (Phi) is 13.5. The van der Waals surface area contributed by atoms with Gasteiger partial charge < -0.3 is 10.8 Å². The van der Waals surface area contributed by atoms with Gasteiger partial charge in [-0.15, -0.1) is 0 Å². The molecular formula is C18H31NO. The van der Waals surface area contributed by atoms with Crippen LogP contribution in [0.25, 0.3) is 0 Å². The number of aliphatic hydroxyl groups is 1. The van der Waals surface area contributed by atoms with Gasteiger partial charge in [-0.1, -0.05) is 55.5 Å². The van der Waals surface area contributed by atoms with Gasteiger partial charge >= 0.3 is 0 Å². The molecular weight excluding hydrogens is 246 g/mol. The largest absolute Gasteiger partial charge is 0.392 e. The minimum Gasteiger partial charge on any atom is -0.392 e. The quantitative estimate of drug-likeness (QED) is 0.554. The molecule has 0 heterocycles. The molecule has 2 heteroatoms. The van der Waals surface area contributed by atoms with E-state index in [2.05, 4.69) is 55.5 Å². The molecule has 0 aromatic rings. The summed E-state index contributed by atoms with van der Waals surface area (Å²) < 4.78 is 0. The predicted octanol–water partition coefficient (Wildman–Crippen LogP) is 4.28. The summed E-state index contributed by atoms with van der Waals surface area (Å²) in [7, 11) is 0. The monoisotopic (exact) mass is 277 g/mol. The Balaban J connectivity index is 3.49. The summed E-state index contributed by atoms with van der Waals surface area (Å²) in [6.45, 7) is 3.98. The molecule has 3 N–H and O–H groups in total. The van der Waals surface area contributed by atoms with E-state index < -0.39 is 0 Å². The molecule has 0 bridgehead atoms. The molecule has 0 fully saturated rings. The van der Waals surface area contributed by atoms with Gasteiger partial charge in [-0.3, -0.25) is 0 Å². The van der Waals surface area contributed by atoms with Crippen LogP contribution in [0.3, 0.4) is 0 Å². The van der Waals surface area contributed by atoms with Gasteiger partial charge in [0.25, 0.3) is 0 Å².